The van der Waals surface area contributed by atoms with Crippen molar-refractivity contribution in [2.75, 3.05) is 0 Å². The van der Waals surface area contributed by atoms with E-state index in [9.17, 15) is 4.79 Å². The molecule has 5 rings (SSSR count). The molecule has 0 atom stereocenters. The summed E-state index contributed by atoms with van der Waals surface area (Å²) in [5.41, 5.74) is 6.09. The number of hydrogen-bond donors (Lipinski definition) is 0. The molecule has 1 aliphatic rings. The molecule has 1 heteroatoms. The number of ketones is 1. The van der Waals surface area contributed by atoms with Crippen molar-refractivity contribution >= 4 is 16.6 Å². The Balaban J connectivity index is 1.96. The van der Waals surface area contributed by atoms with Gasteiger partial charge in [-0.1, -0.05) is 78.9 Å². The third-order valence-electron chi connectivity index (χ3n) is 4.82. The molecule has 0 saturated carbocycles. The van der Waals surface area contributed by atoms with E-state index in [1.165, 1.54) is 21.9 Å². The van der Waals surface area contributed by atoms with E-state index in [0.29, 0.717) is 0 Å². The molecule has 1 aliphatic carbocycles. The predicted octanol–water partition coefficient (Wildman–Crippen LogP) is 5.72. The second-order valence-corrected chi connectivity index (χ2v) is 6.13. The molecule has 0 heterocycles. The summed E-state index contributed by atoms with van der Waals surface area (Å²) in [5.74, 6) is 0.130. The molecule has 24 heavy (non-hydrogen) atoms. The molecule has 0 spiro atoms. The largest absolute Gasteiger partial charge is 0.289 e. The maximum Gasteiger partial charge on any atom is 0.194 e. The first-order chi connectivity index (χ1) is 11.8. The average molecular weight is 306 g/mol. The van der Waals surface area contributed by atoms with E-state index in [2.05, 4.69) is 54.6 Å². The first-order valence-corrected chi connectivity index (χ1v) is 8.10. The highest BCUT2D eigenvalue weighted by molar-refractivity contribution is 6.27. The van der Waals surface area contributed by atoms with Gasteiger partial charge in [-0.25, -0.2) is 0 Å². The van der Waals surface area contributed by atoms with Gasteiger partial charge in [0.05, 0.1) is 0 Å². The molecule has 0 aliphatic heterocycles. The quantitative estimate of drug-likeness (QED) is 0.387. The number of fused-ring (bicyclic) bond motifs is 5. The fourth-order valence-corrected chi connectivity index (χ4v) is 3.75. The zero-order chi connectivity index (χ0) is 16.1. The molecule has 0 saturated heterocycles. The molecule has 0 aromatic heterocycles. The Labute approximate surface area is 140 Å². The normalized spacial score (nSPS) is 12.2. The molecule has 1 nitrogen and oxygen atoms in total. The van der Waals surface area contributed by atoms with Crippen molar-refractivity contribution in [3.63, 3.8) is 0 Å². The molecule has 0 N–H and O–H groups in total. The van der Waals surface area contributed by atoms with Gasteiger partial charge >= 0.3 is 0 Å². The fraction of sp³-hybridized carbons (Fsp3) is 0. The van der Waals surface area contributed by atoms with E-state index in [1.807, 2.05) is 30.3 Å². The summed E-state index contributed by atoms with van der Waals surface area (Å²) in [5, 5.41) is 2.33. The summed E-state index contributed by atoms with van der Waals surface area (Å²) in [6, 6.07) is 28.7. The van der Waals surface area contributed by atoms with Crippen LogP contribution in [0.15, 0.2) is 84.9 Å². The number of hydrogen-bond acceptors (Lipinski definition) is 1. The van der Waals surface area contributed by atoms with E-state index in [-0.39, 0.29) is 5.78 Å². The lowest BCUT2D eigenvalue weighted by Crippen LogP contribution is -1.94. The summed E-state index contributed by atoms with van der Waals surface area (Å²) in [6.45, 7) is 0. The van der Waals surface area contributed by atoms with Gasteiger partial charge in [-0.3, -0.25) is 4.79 Å². The lowest BCUT2D eigenvalue weighted by molar-refractivity contribution is 0.104. The van der Waals surface area contributed by atoms with E-state index in [0.717, 1.165) is 22.3 Å². The fourth-order valence-electron chi connectivity index (χ4n) is 3.75. The van der Waals surface area contributed by atoms with Gasteiger partial charge in [-0.2, -0.15) is 0 Å². The molecule has 0 radical (unpaired) electrons. The maximum atomic E-state index is 12.8. The maximum absolute atomic E-state index is 12.8. The van der Waals surface area contributed by atoms with Crippen LogP contribution in [0.5, 0.6) is 0 Å². The Morgan fingerprint density at radius 1 is 0.500 bits per heavy atom. The second kappa shape index (κ2) is 4.90. The summed E-state index contributed by atoms with van der Waals surface area (Å²) in [4.78, 5) is 12.8. The van der Waals surface area contributed by atoms with Crippen LogP contribution >= 0.6 is 0 Å². The number of rotatable bonds is 1. The summed E-state index contributed by atoms with van der Waals surface area (Å²) in [6.07, 6.45) is 0. The van der Waals surface area contributed by atoms with E-state index < -0.39 is 0 Å². The van der Waals surface area contributed by atoms with Crippen molar-refractivity contribution in [2.24, 2.45) is 0 Å². The van der Waals surface area contributed by atoms with Crippen LogP contribution in [-0.2, 0) is 0 Å². The molecule has 112 valence electrons. The van der Waals surface area contributed by atoms with Gasteiger partial charge < -0.3 is 0 Å². The van der Waals surface area contributed by atoms with Crippen LogP contribution in [0.2, 0.25) is 0 Å². The van der Waals surface area contributed by atoms with Crippen LogP contribution in [0.4, 0.5) is 0 Å². The highest BCUT2D eigenvalue weighted by Gasteiger charge is 2.28. The zero-order valence-electron chi connectivity index (χ0n) is 13.0. The minimum absolute atomic E-state index is 0.130. The lowest BCUT2D eigenvalue weighted by Gasteiger charge is -2.12. The van der Waals surface area contributed by atoms with Crippen molar-refractivity contribution in [3.05, 3.63) is 96.1 Å². The molecular weight excluding hydrogens is 292 g/mol. The molecule has 0 fully saturated rings. The molecule has 0 amide bonds. The van der Waals surface area contributed by atoms with Crippen LogP contribution in [0, 0.1) is 0 Å². The summed E-state index contributed by atoms with van der Waals surface area (Å²) >= 11 is 0. The highest BCUT2D eigenvalue weighted by atomic mass is 16.1. The van der Waals surface area contributed by atoms with Crippen molar-refractivity contribution in [3.8, 4) is 22.3 Å². The van der Waals surface area contributed by atoms with Gasteiger partial charge in [0, 0.05) is 16.7 Å². The smallest absolute Gasteiger partial charge is 0.194 e. The third kappa shape index (κ3) is 1.73. The molecule has 0 unspecified atom stereocenters. The van der Waals surface area contributed by atoms with Gasteiger partial charge in [-0.15, -0.1) is 0 Å². The third-order valence-corrected chi connectivity index (χ3v) is 4.82. The van der Waals surface area contributed by atoms with E-state index in [4.69, 9.17) is 0 Å². The zero-order valence-corrected chi connectivity index (χ0v) is 13.0. The minimum atomic E-state index is 0.130. The molecular formula is C23H14O. The number of benzene rings is 4. The Kier molecular flexibility index (Phi) is 2.71. The molecule has 0 bridgehead atoms. The standard InChI is InChI=1S/C23H14O/c24-23-19-11-5-4-10-18(19)22-20(23)14-13-16-9-6-12-17(21(16)22)15-7-2-1-3-8-15/h1-14H. The lowest BCUT2D eigenvalue weighted by atomic mass is 9.91. The number of carbonyl (C=O) groups is 1. The van der Waals surface area contributed by atoms with E-state index >= 15 is 0 Å². The molecule has 4 aromatic rings. The minimum Gasteiger partial charge on any atom is -0.289 e. The van der Waals surface area contributed by atoms with E-state index in [1.54, 1.807) is 0 Å². The monoisotopic (exact) mass is 306 g/mol. The average Bonchev–Trinajstić information content (AvgIpc) is 2.95. The Morgan fingerprint density at radius 3 is 2.04 bits per heavy atom. The van der Waals surface area contributed by atoms with Gasteiger partial charge in [0.15, 0.2) is 5.78 Å². The molecule has 4 aromatic carbocycles. The van der Waals surface area contributed by atoms with Crippen LogP contribution in [-0.4, -0.2) is 5.78 Å². The van der Waals surface area contributed by atoms with Gasteiger partial charge in [0.1, 0.15) is 0 Å². The van der Waals surface area contributed by atoms with Gasteiger partial charge in [0.25, 0.3) is 0 Å². The Bertz CT molecular complexity index is 1110. The second-order valence-electron chi connectivity index (χ2n) is 6.13. The van der Waals surface area contributed by atoms with Crippen molar-refractivity contribution in [1.29, 1.82) is 0 Å². The highest BCUT2D eigenvalue weighted by Crippen LogP contribution is 2.44. The first kappa shape index (κ1) is 13.3. The van der Waals surface area contributed by atoms with Crippen molar-refractivity contribution in [1.82, 2.24) is 0 Å². The van der Waals surface area contributed by atoms with Crippen LogP contribution in [0.25, 0.3) is 33.0 Å². The van der Waals surface area contributed by atoms with Gasteiger partial charge in [0.2, 0.25) is 0 Å². The predicted molar refractivity (Wildman–Crippen MR) is 98.3 cm³/mol. The first-order valence-electron chi connectivity index (χ1n) is 8.10. The van der Waals surface area contributed by atoms with Crippen molar-refractivity contribution < 1.29 is 4.79 Å². The Morgan fingerprint density at radius 2 is 1.21 bits per heavy atom. The van der Waals surface area contributed by atoms with Crippen molar-refractivity contribution in [2.45, 2.75) is 0 Å². The summed E-state index contributed by atoms with van der Waals surface area (Å²) in [7, 11) is 0. The Hall–Kier alpha value is -3.19. The topological polar surface area (TPSA) is 17.1 Å². The van der Waals surface area contributed by atoms with Gasteiger partial charge in [-0.05, 0) is 33.5 Å². The van der Waals surface area contributed by atoms with Crippen LogP contribution in [0.1, 0.15) is 15.9 Å². The summed E-state index contributed by atoms with van der Waals surface area (Å²) < 4.78 is 0. The van der Waals surface area contributed by atoms with Crippen LogP contribution in [0.3, 0.4) is 0 Å². The number of carbonyl (C=O) groups excluding carboxylic acids is 1. The SMILES string of the molecule is O=C1c2ccccc2-c2c1ccc1cccc(-c3ccccc3)c21. The van der Waals surface area contributed by atoms with Crippen LogP contribution < -0.4 is 0 Å².